The molecule has 3 heteroatoms. The van der Waals surface area contributed by atoms with E-state index in [2.05, 4.69) is 46.4 Å². The van der Waals surface area contributed by atoms with Gasteiger partial charge in [0.1, 0.15) is 0 Å². The molecule has 0 spiro atoms. The number of nitrogens with zero attached hydrogens (tertiary/aromatic N) is 2. The Morgan fingerprint density at radius 2 is 1.15 bits per heavy atom. The normalized spacial score (nSPS) is 9.88. The maximum Gasteiger partial charge on any atom is 0.0399 e. The van der Waals surface area contributed by atoms with Gasteiger partial charge in [0, 0.05) is 40.9 Å². The Bertz CT molecular complexity index is 735. The second kappa shape index (κ2) is 11.2. The number of hydrogen-bond donors (Lipinski definition) is 0. The Labute approximate surface area is 166 Å². The van der Waals surface area contributed by atoms with Crippen LogP contribution in [0.4, 0.5) is 0 Å². The van der Waals surface area contributed by atoms with Crippen LogP contribution >= 0.6 is 0 Å². The molecule has 0 atom stereocenters. The first-order chi connectivity index (χ1) is 12.4. The molecule has 0 saturated heterocycles. The summed E-state index contributed by atoms with van der Waals surface area (Å²) >= 11 is 0. The molecule has 4 rings (SSSR count). The molecule has 2 aromatic heterocycles. The van der Waals surface area contributed by atoms with Crippen molar-refractivity contribution in [3.05, 3.63) is 120 Å². The van der Waals surface area contributed by atoms with E-state index in [1.165, 1.54) is 5.56 Å². The van der Waals surface area contributed by atoms with E-state index in [0.717, 1.165) is 24.2 Å². The summed E-state index contributed by atoms with van der Waals surface area (Å²) in [6.07, 6.45) is 5.61. The molecule has 2 heterocycles. The van der Waals surface area contributed by atoms with Crippen LogP contribution < -0.4 is 0 Å². The number of rotatable bonds is 5. The van der Waals surface area contributed by atoms with Gasteiger partial charge in [-0.3, -0.25) is 9.97 Å². The summed E-state index contributed by atoms with van der Waals surface area (Å²) < 4.78 is 0. The van der Waals surface area contributed by atoms with Crippen molar-refractivity contribution in [2.45, 2.75) is 18.8 Å². The smallest absolute Gasteiger partial charge is 0.0399 e. The molecule has 2 nitrogen and oxygen atoms in total. The predicted octanol–water partition coefficient (Wildman–Crippen LogP) is 5.17. The second-order valence-electron chi connectivity index (χ2n) is 5.93. The molecule has 0 fully saturated rings. The van der Waals surface area contributed by atoms with Gasteiger partial charge in [-0.1, -0.05) is 18.1 Å². The summed E-state index contributed by atoms with van der Waals surface area (Å²) in [5.74, 6) is 0.426. The quantitative estimate of drug-likeness (QED) is 0.352. The fraction of sp³-hybridized carbons (Fsp3) is 0.130. The van der Waals surface area contributed by atoms with E-state index in [0.29, 0.717) is 5.92 Å². The second-order valence-corrected chi connectivity index (χ2v) is 5.93. The number of hydrogen-bond acceptors (Lipinski definition) is 2. The summed E-state index contributed by atoms with van der Waals surface area (Å²) in [5, 5.41) is 0. The van der Waals surface area contributed by atoms with Crippen molar-refractivity contribution < 1.29 is 17.1 Å². The predicted molar refractivity (Wildman–Crippen MR) is 103 cm³/mol. The molecule has 0 radical (unpaired) electrons. The maximum atomic E-state index is 4.45. The molecule has 138 valence electrons. The van der Waals surface area contributed by atoms with Crippen molar-refractivity contribution >= 4 is 0 Å². The monoisotopic (exact) mass is 382 g/mol. The standard InChI is InChI=1S/C18H17N2.C5H5.Fe/c1-2-8-15(7-1)16(13-17-9-3-5-11-19-17)14-18-10-4-6-12-20-18;1-2-4-5-3-1;/h1-12,16H,13-14H2;1-5H;/q-1;-5;. The van der Waals surface area contributed by atoms with Crippen molar-refractivity contribution in [1.29, 1.82) is 0 Å². The zero-order valence-corrected chi connectivity index (χ0v) is 15.7. The van der Waals surface area contributed by atoms with Crippen LogP contribution in [0.15, 0.2) is 103 Å². The number of aromatic nitrogens is 2. The Kier molecular flexibility index (Phi) is 8.54. The topological polar surface area (TPSA) is 25.8 Å². The SMILES string of the molecule is [Fe].[cH-]1[cH-][cH-][cH-][cH-]1.c1ccc(CC(Cc2ccccn2)[c-]2cccc2)nc1. The summed E-state index contributed by atoms with van der Waals surface area (Å²) in [7, 11) is 0. The van der Waals surface area contributed by atoms with Gasteiger partial charge in [0.2, 0.25) is 0 Å². The first-order valence-electron chi connectivity index (χ1n) is 8.60. The molecule has 2 aromatic carbocycles. The van der Waals surface area contributed by atoms with Crippen LogP contribution in [0.25, 0.3) is 0 Å². The van der Waals surface area contributed by atoms with E-state index in [4.69, 9.17) is 0 Å². The van der Waals surface area contributed by atoms with Gasteiger partial charge >= 0.3 is 0 Å². The average Bonchev–Trinajstić information content (AvgIpc) is 3.39. The molecular weight excluding hydrogens is 360 g/mol. The van der Waals surface area contributed by atoms with E-state index in [-0.39, 0.29) is 17.1 Å². The molecule has 0 bridgehead atoms. The Morgan fingerprint density at radius 1 is 0.692 bits per heavy atom. The third kappa shape index (κ3) is 6.44. The van der Waals surface area contributed by atoms with Gasteiger partial charge in [-0.2, -0.15) is 17.7 Å². The van der Waals surface area contributed by atoms with Gasteiger partial charge in [-0.25, -0.2) is 12.1 Å². The summed E-state index contributed by atoms with van der Waals surface area (Å²) in [6, 6.07) is 30.8. The van der Waals surface area contributed by atoms with Crippen LogP contribution in [0.5, 0.6) is 0 Å². The zero-order chi connectivity index (χ0) is 17.2. The first kappa shape index (κ1) is 19.8. The Morgan fingerprint density at radius 3 is 1.54 bits per heavy atom. The molecule has 0 aliphatic rings. The third-order valence-electron chi connectivity index (χ3n) is 4.08. The van der Waals surface area contributed by atoms with Gasteiger partial charge < -0.3 is 30.3 Å². The van der Waals surface area contributed by atoms with Crippen LogP contribution in [-0.2, 0) is 29.9 Å². The van der Waals surface area contributed by atoms with Gasteiger partial charge in [-0.05, 0) is 37.1 Å². The van der Waals surface area contributed by atoms with E-state index >= 15 is 0 Å². The van der Waals surface area contributed by atoms with Crippen molar-refractivity contribution in [3.8, 4) is 0 Å². The molecule has 0 saturated carbocycles. The Hall–Kier alpha value is -2.48. The van der Waals surface area contributed by atoms with Crippen LogP contribution in [0, 0.1) is 0 Å². The van der Waals surface area contributed by atoms with Crippen molar-refractivity contribution in [3.63, 3.8) is 0 Å². The minimum atomic E-state index is 0. The molecule has 0 aliphatic heterocycles. The molecule has 0 aliphatic carbocycles. The van der Waals surface area contributed by atoms with Crippen molar-refractivity contribution in [2.75, 3.05) is 0 Å². The van der Waals surface area contributed by atoms with Gasteiger partial charge in [0.25, 0.3) is 0 Å². The van der Waals surface area contributed by atoms with Crippen LogP contribution in [0.3, 0.4) is 0 Å². The average molecular weight is 382 g/mol. The fourth-order valence-corrected chi connectivity index (χ4v) is 2.83. The molecular formula is C23H22FeN2-6. The van der Waals surface area contributed by atoms with E-state index in [9.17, 15) is 0 Å². The number of pyridine rings is 2. The minimum Gasteiger partial charge on any atom is -0.748 e. The maximum absolute atomic E-state index is 4.45. The minimum absolute atomic E-state index is 0. The molecule has 26 heavy (non-hydrogen) atoms. The van der Waals surface area contributed by atoms with Gasteiger partial charge in [-0.15, -0.1) is 0 Å². The van der Waals surface area contributed by atoms with Crippen LogP contribution in [-0.4, -0.2) is 9.97 Å². The summed E-state index contributed by atoms with van der Waals surface area (Å²) in [4.78, 5) is 8.90. The van der Waals surface area contributed by atoms with Crippen LogP contribution in [0.2, 0.25) is 0 Å². The fourth-order valence-electron chi connectivity index (χ4n) is 2.83. The van der Waals surface area contributed by atoms with E-state index in [1.54, 1.807) is 0 Å². The van der Waals surface area contributed by atoms with Crippen molar-refractivity contribution in [2.24, 2.45) is 0 Å². The molecule has 0 unspecified atom stereocenters. The molecule has 0 amide bonds. The third-order valence-corrected chi connectivity index (χ3v) is 4.08. The summed E-state index contributed by atoms with van der Waals surface area (Å²) in [6.45, 7) is 0. The van der Waals surface area contributed by atoms with Crippen molar-refractivity contribution in [1.82, 2.24) is 9.97 Å². The largest absolute Gasteiger partial charge is 0.748 e. The first-order valence-corrected chi connectivity index (χ1v) is 8.60. The van der Waals surface area contributed by atoms with E-state index in [1.807, 2.05) is 67.0 Å². The van der Waals surface area contributed by atoms with Gasteiger partial charge in [0.15, 0.2) is 0 Å². The Balaban J connectivity index is 0.000000351. The zero-order valence-electron chi connectivity index (χ0n) is 14.6. The molecule has 4 aromatic rings. The van der Waals surface area contributed by atoms with Gasteiger partial charge in [0.05, 0.1) is 0 Å². The van der Waals surface area contributed by atoms with Crippen LogP contribution in [0.1, 0.15) is 22.9 Å². The summed E-state index contributed by atoms with van der Waals surface area (Å²) in [5.41, 5.74) is 3.63. The molecule has 0 N–H and O–H groups in total. The van der Waals surface area contributed by atoms with E-state index < -0.39 is 0 Å².